The lowest BCUT2D eigenvalue weighted by Gasteiger charge is -2.29. The monoisotopic (exact) mass is 340 g/mol. The van der Waals surface area contributed by atoms with E-state index in [9.17, 15) is 14.7 Å². The predicted molar refractivity (Wildman–Crippen MR) is 93.0 cm³/mol. The largest absolute Gasteiger partial charge is 0.504 e. The van der Waals surface area contributed by atoms with Gasteiger partial charge in [-0.1, -0.05) is 56.0 Å². The Morgan fingerprint density at radius 1 is 1.04 bits per heavy atom. The van der Waals surface area contributed by atoms with Crippen molar-refractivity contribution in [2.24, 2.45) is 11.8 Å². The van der Waals surface area contributed by atoms with Crippen LogP contribution in [0.15, 0.2) is 41.7 Å². The molecule has 4 nitrogen and oxygen atoms in total. The van der Waals surface area contributed by atoms with Crippen molar-refractivity contribution >= 4 is 11.8 Å². The van der Waals surface area contributed by atoms with Gasteiger partial charge < -0.3 is 9.84 Å². The highest BCUT2D eigenvalue weighted by molar-refractivity contribution is 6.09. The third kappa shape index (κ3) is 3.22. The second-order valence-corrected chi connectivity index (χ2v) is 7.63. The van der Waals surface area contributed by atoms with E-state index in [0.717, 1.165) is 31.2 Å². The molecule has 2 unspecified atom stereocenters. The summed E-state index contributed by atoms with van der Waals surface area (Å²) in [6.45, 7) is 0. The third-order valence-corrected chi connectivity index (χ3v) is 5.84. The second kappa shape index (κ2) is 6.66. The van der Waals surface area contributed by atoms with Crippen molar-refractivity contribution in [1.82, 2.24) is 0 Å². The minimum absolute atomic E-state index is 0.168. The van der Waals surface area contributed by atoms with Gasteiger partial charge in [0.1, 0.15) is 0 Å². The Bertz CT molecular complexity index is 696. The van der Waals surface area contributed by atoms with E-state index in [1.165, 1.54) is 12.8 Å². The van der Waals surface area contributed by atoms with Gasteiger partial charge in [0.15, 0.2) is 11.9 Å². The maximum atomic E-state index is 12.7. The van der Waals surface area contributed by atoms with Gasteiger partial charge in [0.2, 0.25) is 5.78 Å². The van der Waals surface area contributed by atoms with Crippen LogP contribution in [-0.2, 0) is 14.3 Å². The van der Waals surface area contributed by atoms with E-state index in [2.05, 4.69) is 0 Å². The minimum Gasteiger partial charge on any atom is -0.504 e. The molecule has 0 amide bonds. The lowest BCUT2D eigenvalue weighted by atomic mass is 9.83. The van der Waals surface area contributed by atoms with Gasteiger partial charge in [0.25, 0.3) is 0 Å². The van der Waals surface area contributed by atoms with Gasteiger partial charge in [-0.15, -0.1) is 0 Å². The zero-order valence-electron chi connectivity index (χ0n) is 14.3. The molecule has 3 aliphatic rings. The van der Waals surface area contributed by atoms with Crippen LogP contribution in [-0.4, -0.2) is 23.0 Å². The number of ether oxygens (including phenoxy) is 1. The number of carbonyl (C=O) groups excluding carboxylic acids is 2. The average Bonchev–Trinajstić information content (AvgIpc) is 3.33. The Labute approximate surface area is 147 Å². The van der Waals surface area contributed by atoms with Gasteiger partial charge in [0.05, 0.1) is 5.57 Å². The molecule has 1 heterocycles. The van der Waals surface area contributed by atoms with Crippen molar-refractivity contribution < 1.29 is 19.4 Å². The molecule has 0 spiro atoms. The number of benzene rings is 1. The van der Waals surface area contributed by atoms with Gasteiger partial charge in [-0.25, -0.2) is 4.79 Å². The van der Waals surface area contributed by atoms with Gasteiger partial charge >= 0.3 is 5.97 Å². The minimum atomic E-state index is -0.810. The van der Waals surface area contributed by atoms with E-state index in [-0.39, 0.29) is 17.3 Å². The van der Waals surface area contributed by atoms with Gasteiger partial charge in [-0.2, -0.15) is 0 Å². The highest BCUT2D eigenvalue weighted by Crippen LogP contribution is 2.48. The zero-order valence-corrected chi connectivity index (χ0v) is 14.3. The number of rotatable bonds is 5. The Kier molecular flexibility index (Phi) is 4.36. The molecule has 2 fully saturated rings. The average molecular weight is 340 g/mol. The summed E-state index contributed by atoms with van der Waals surface area (Å²) in [6, 6.07) is 9.66. The second-order valence-electron chi connectivity index (χ2n) is 7.63. The zero-order chi connectivity index (χ0) is 17.4. The number of Topliss-reactive ketones (excluding diaryl/α,β-unsaturated/α-hetero) is 1. The third-order valence-electron chi connectivity index (χ3n) is 5.84. The standard InChI is InChI=1S/C21H24O4/c22-19-16(12-13-6-4-5-7-13)25-21(24)18(20(19)23)17(15-10-11-15)14-8-2-1-3-9-14/h1-3,8-9,13,15-17,23H,4-7,10-12H2. The van der Waals surface area contributed by atoms with E-state index in [1.807, 2.05) is 30.3 Å². The van der Waals surface area contributed by atoms with E-state index < -0.39 is 17.9 Å². The molecule has 25 heavy (non-hydrogen) atoms. The van der Waals surface area contributed by atoms with Crippen LogP contribution in [0.5, 0.6) is 0 Å². The fourth-order valence-electron chi connectivity index (χ4n) is 4.37. The number of hydrogen-bond acceptors (Lipinski definition) is 4. The summed E-state index contributed by atoms with van der Waals surface area (Å²) >= 11 is 0. The van der Waals surface area contributed by atoms with Crippen LogP contribution in [0.25, 0.3) is 0 Å². The summed E-state index contributed by atoms with van der Waals surface area (Å²) in [5, 5.41) is 10.6. The number of ketones is 1. The number of aliphatic hydroxyl groups excluding tert-OH is 1. The van der Waals surface area contributed by atoms with Crippen LogP contribution in [0, 0.1) is 11.8 Å². The highest BCUT2D eigenvalue weighted by atomic mass is 16.6. The fourth-order valence-corrected chi connectivity index (χ4v) is 4.37. The molecule has 0 radical (unpaired) electrons. The van der Waals surface area contributed by atoms with E-state index in [4.69, 9.17) is 4.74 Å². The number of hydrogen-bond donors (Lipinski definition) is 1. The van der Waals surface area contributed by atoms with Crippen LogP contribution in [0.2, 0.25) is 0 Å². The molecule has 1 aliphatic heterocycles. The van der Waals surface area contributed by atoms with Gasteiger partial charge in [-0.05, 0) is 36.7 Å². The van der Waals surface area contributed by atoms with Crippen molar-refractivity contribution in [3.8, 4) is 0 Å². The molecule has 0 aromatic heterocycles. The predicted octanol–water partition coefficient (Wildman–Crippen LogP) is 4.07. The number of aliphatic hydroxyl groups is 1. The van der Waals surface area contributed by atoms with Crippen LogP contribution >= 0.6 is 0 Å². The topological polar surface area (TPSA) is 63.6 Å². The van der Waals surface area contributed by atoms with Gasteiger partial charge in [-0.3, -0.25) is 4.79 Å². The molecule has 1 aromatic rings. The Balaban J connectivity index is 1.62. The first-order valence-corrected chi connectivity index (χ1v) is 9.38. The molecule has 1 N–H and O–H groups in total. The van der Waals surface area contributed by atoms with Crippen molar-refractivity contribution in [3.05, 3.63) is 47.2 Å². The van der Waals surface area contributed by atoms with E-state index in [1.54, 1.807) is 0 Å². The molecule has 2 aliphatic carbocycles. The molecule has 0 bridgehead atoms. The van der Waals surface area contributed by atoms with Crippen molar-refractivity contribution in [2.75, 3.05) is 0 Å². The van der Waals surface area contributed by atoms with E-state index >= 15 is 0 Å². The summed E-state index contributed by atoms with van der Waals surface area (Å²) in [5.41, 5.74) is 1.13. The maximum Gasteiger partial charge on any atom is 0.339 e. The van der Waals surface area contributed by atoms with Crippen LogP contribution in [0.1, 0.15) is 56.4 Å². The molecule has 2 saturated carbocycles. The molecule has 4 rings (SSSR count). The summed E-state index contributed by atoms with van der Waals surface area (Å²) in [4.78, 5) is 25.4. The van der Waals surface area contributed by atoms with Crippen LogP contribution in [0.3, 0.4) is 0 Å². The summed E-state index contributed by atoms with van der Waals surface area (Å²) in [6.07, 6.45) is 6.23. The first-order valence-electron chi connectivity index (χ1n) is 9.38. The molecule has 4 heteroatoms. The smallest absolute Gasteiger partial charge is 0.339 e. The van der Waals surface area contributed by atoms with Crippen LogP contribution < -0.4 is 0 Å². The Morgan fingerprint density at radius 3 is 2.36 bits per heavy atom. The van der Waals surface area contributed by atoms with Crippen molar-refractivity contribution in [2.45, 2.75) is 57.0 Å². The molecule has 132 valence electrons. The molecule has 1 aromatic carbocycles. The lowest BCUT2D eigenvalue weighted by Crippen LogP contribution is -2.38. The first kappa shape index (κ1) is 16.4. The first-order chi connectivity index (χ1) is 12.1. The fraction of sp³-hybridized carbons (Fsp3) is 0.524. The van der Waals surface area contributed by atoms with Gasteiger partial charge in [0, 0.05) is 5.92 Å². The summed E-state index contributed by atoms with van der Waals surface area (Å²) in [7, 11) is 0. The molecule has 2 atom stereocenters. The number of carbonyl (C=O) groups is 2. The quantitative estimate of drug-likeness (QED) is 0.821. The molecular formula is C21H24O4. The number of esters is 1. The van der Waals surface area contributed by atoms with E-state index in [0.29, 0.717) is 18.3 Å². The Hall–Kier alpha value is -2.10. The van der Waals surface area contributed by atoms with Crippen LogP contribution in [0.4, 0.5) is 0 Å². The molecular weight excluding hydrogens is 316 g/mol. The van der Waals surface area contributed by atoms with Crippen molar-refractivity contribution in [1.29, 1.82) is 0 Å². The SMILES string of the molecule is O=C1OC(CC2CCCC2)C(=O)C(O)=C1C(c1ccccc1)C1CC1. The lowest BCUT2D eigenvalue weighted by molar-refractivity contribution is -0.155. The normalized spacial score (nSPS) is 26.0. The Morgan fingerprint density at radius 2 is 1.72 bits per heavy atom. The van der Waals surface area contributed by atoms with Crippen molar-refractivity contribution in [3.63, 3.8) is 0 Å². The summed E-state index contributed by atoms with van der Waals surface area (Å²) < 4.78 is 5.52. The summed E-state index contributed by atoms with van der Waals surface area (Å²) in [5.74, 6) is -0.815. The number of cyclic esters (lactones) is 1. The molecule has 0 saturated heterocycles. The highest BCUT2D eigenvalue weighted by Gasteiger charge is 2.45. The maximum absolute atomic E-state index is 12.7.